The van der Waals surface area contributed by atoms with E-state index in [1.54, 1.807) is 0 Å². The van der Waals surface area contributed by atoms with Gasteiger partial charge in [-0.15, -0.1) is 12.1 Å². The molecule has 0 aromatic carbocycles. The van der Waals surface area contributed by atoms with Crippen LogP contribution in [0, 0.1) is 17.8 Å². The van der Waals surface area contributed by atoms with E-state index in [-0.39, 0.29) is 0 Å². The summed E-state index contributed by atoms with van der Waals surface area (Å²) in [5, 5.41) is 0. The van der Waals surface area contributed by atoms with E-state index in [9.17, 15) is 0 Å². The highest BCUT2D eigenvalue weighted by atomic mass is 14.3. The zero-order valence-electron chi connectivity index (χ0n) is 10.8. The normalized spacial score (nSPS) is 31.3. The summed E-state index contributed by atoms with van der Waals surface area (Å²) in [6.45, 7) is 10.9. The Balaban J connectivity index is 2.47. The van der Waals surface area contributed by atoms with Crippen LogP contribution >= 0.6 is 0 Å². The van der Waals surface area contributed by atoms with Gasteiger partial charge >= 0.3 is 0 Å². The quantitative estimate of drug-likeness (QED) is 0.580. The first-order valence-electron chi connectivity index (χ1n) is 6.68. The molecule has 0 heterocycles. The smallest absolute Gasteiger partial charge is 0.116 e. The third-order valence-corrected chi connectivity index (χ3v) is 4.28. The van der Waals surface area contributed by atoms with Crippen molar-refractivity contribution in [3.8, 4) is 0 Å². The van der Waals surface area contributed by atoms with Crippen LogP contribution in [0.4, 0.5) is 0 Å². The van der Waals surface area contributed by atoms with Crippen molar-refractivity contribution in [2.45, 2.75) is 59.2 Å². The predicted octanol–water partition coefficient (Wildman–Crippen LogP) is 4.50. The molecule has 0 aromatic heterocycles. The molecule has 3 unspecified atom stereocenters. The van der Waals surface area contributed by atoms with Crippen molar-refractivity contribution < 1.29 is 0 Å². The Morgan fingerprint density at radius 3 is 2.47 bits per heavy atom. The highest BCUT2D eigenvalue weighted by molar-refractivity contribution is 6.43. The summed E-state index contributed by atoms with van der Waals surface area (Å²) in [4.78, 5) is 0. The van der Waals surface area contributed by atoms with E-state index in [2.05, 4.69) is 34.5 Å². The Labute approximate surface area is 96.8 Å². The van der Waals surface area contributed by atoms with Gasteiger partial charge in [0.05, 0.1) is 0 Å². The van der Waals surface area contributed by atoms with Gasteiger partial charge in [-0.1, -0.05) is 39.9 Å². The summed E-state index contributed by atoms with van der Waals surface area (Å²) in [6.07, 6.45) is 8.33. The van der Waals surface area contributed by atoms with Crippen molar-refractivity contribution in [1.29, 1.82) is 0 Å². The average molecular weight is 205 g/mol. The van der Waals surface area contributed by atoms with Crippen LogP contribution in [-0.4, -0.2) is 7.28 Å². The van der Waals surface area contributed by atoms with Gasteiger partial charge in [-0.05, 0) is 37.0 Å². The average Bonchev–Trinajstić information content (AvgIpc) is 2.29. The molecule has 1 fully saturated rings. The Morgan fingerprint density at radius 2 is 1.93 bits per heavy atom. The minimum absolute atomic E-state index is 0.918. The van der Waals surface area contributed by atoms with Crippen LogP contribution in [0.2, 0.25) is 6.82 Å². The third kappa shape index (κ3) is 3.70. The molecule has 1 saturated carbocycles. The molecular formula is C14H26B. The molecule has 85 valence electrons. The number of hydrogen-bond donors (Lipinski definition) is 0. The molecular weight excluding hydrogens is 179 g/mol. The van der Waals surface area contributed by atoms with Gasteiger partial charge in [0.15, 0.2) is 0 Å². The van der Waals surface area contributed by atoms with Crippen LogP contribution < -0.4 is 0 Å². The molecule has 0 aromatic rings. The Kier molecular flexibility index (Phi) is 5.49. The maximum absolute atomic E-state index is 4.12. The van der Waals surface area contributed by atoms with Crippen molar-refractivity contribution >= 4 is 7.28 Å². The highest BCUT2D eigenvalue weighted by Gasteiger charge is 2.28. The molecule has 1 aliphatic rings. The fourth-order valence-corrected chi connectivity index (χ4v) is 3.02. The van der Waals surface area contributed by atoms with Gasteiger partial charge in [0.2, 0.25) is 0 Å². The Morgan fingerprint density at radius 1 is 1.20 bits per heavy atom. The first-order chi connectivity index (χ1) is 7.21. The second kappa shape index (κ2) is 6.40. The molecule has 0 nitrogen and oxygen atoms in total. The molecule has 1 rings (SSSR count). The summed E-state index contributed by atoms with van der Waals surface area (Å²) in [5.74, 6) is 2.88. The maximum atomic E-state index is 4.12. The summed E-state index contributed by atoms with van der Waals surface area (Å²) >= 11 is 0. The summed E-state index contributed by atoms with van der Waals surface area (Å²) < 4.78 is 0. The number of hydrogen-bond acceptors (Lipinski definition) is 0. The SMILES string of the molecule is C=C([B]C)CC1CCC(CC)CC1CC. The minimum Gasteiger partial charge on any atom is -0.116 e. The highest BCUT2D eigenvalue weighted by Crippen LogP contribution is 2.39. The van der Waals surface area contributed by atoms with E-state index < -0.39 is 0 Å². The third-order valence-electron chi connectivity index (χ3n) is 4.28. The molecule has 1 aliphatic carbocycles. The van der Waals surface area contributed by atoms with Crippen LogP contribution in [0.1, 0.15) is 52.4 Å². The lowest BCUT2D eigenvalue weighted by molar-refractivity contribution is 0.171. The summed E-state index contributed by atoms with van der Waals surface area (Å²) in [7, 11) is 2.18. The van der Waals surface area contributed by atoms with E-state index in [1.165, 1.54) is 44.0 Å². The lowest BCUT2D eigenvalue weighted by Gasteiger charge is -2.36. The van der Waals surface area contributed by atoms with Crippen molar-refractivity contribution in [2.75, 3.05) is 0 Å². The topological polar surface area (TPSA) is 0 Å². The van der Waals surface area contributed by atoms with Crippen LogP contribution in [0.15, 0.2) is 12.1 Å². The molecule has 1 radical (unpaired) electrons. The van der Waals surface area contributed by atoms with Gasteiger partial charge < -0.3 is 0 Å². The fraction of sp³-hybridized carbons (Fsp3) is 0.857. The molecule has 0 saturated heterocycles. The fourth-order valence-electron chi connectivity index (χ4n) is 3.02. The van der Waals surface area contributed by atoms with Crippen LogP contribution in [0.5, 0.6) is 0 Å². The van der Waals surface area contributed by atoms with E-state index in [0.717, 1.165) is 17.8 Å². The van der Waals surface area contributed by atoms with Gasteiger partial charge in [-0.2, -0.15) is 0 Å². The first kappa shape index (κ1) is 12.9. The maximum Gasteiger partial charge on any atom is 0.141 e. The Hall–Kier alpha value is -0.195. The zero-order chi connectivity index (χ0) is 11.3. The van der Waals surface area contributed by atoms with Gasteiger partial charge in [0.25, 0.3) is 0 Å². The van der Waals surface area contributed by atoms with Crippen LogP contribution in [-0.2, 0) is 0 Å². The van der Waals surface area contributed by atoms with Gasteiger partial charge in [0, 0.05) is 0 Å². The lowest BCUT2D eigenvalue weighted by Crippen LogP contribution is -2.25. The zero-order valence-corrected chi connectivity index (χ0v) is 10.8. The van der Waals surface area contributed by atoms with E-state index >= 15 is 0 Å². The standard InChI is InChI=1S/C14H26B/c1-5-12-7-8-14(9-11(3)15-4)13(6-2)10-12/h12-14H,3,5-10H2,1-2,4H3. The molecule has 0 aliphatic heterocycles. The molecule has 0 bridgehead atoms. The van der Waals surface area contributed by atoms with Crippen molar-refractivity contribution in [2.24, 2.45) is 17.8 Å². The monoisotopic (exact) mass is 205 g/mol. The minimum atomic E-state index is 0.918. The second-order valence-corrected chi connectivity index (χ2v) is 5.17. The molecule has 0 N–H and O–H groups in total. The van der Waals surface area contributed by atoms with E-state index in [0.29, 0.717) is 0 Å². The summed E-state index contributed by atoms with van der Waals surface area (Å²) in [6, 6.07) is 0. The van der Waals surface area contributed by atoms with E-state index in [1.807, 2.05) is 0 Å². The molecule has 1 heteroatoms. The molecule has 0 amide bonds. The molecule has 15 heavy (non-hydrogen) atoms. The number of allylic oxidation sites excluding steroid dienone is 1. The molecule has 3 atom stereocenters. The van der Waals surface area contributed by atoms with Gasteiger partial charge in [-0.25, -0.2) is 0 Å². The van der Waals surface area contributed by atoms with E-state index in [4.69, 9.17) is 0 Å². The van der Waals surface area contributed by atoms with Crippen molar-refractivity contribution in [3.63, 3.8) is 0 Å². The van der Waals surface area contributed by atoms with Crippen molar-refractivity contribution in [3.05, 3.63) is 12.1 Å². The van der Waals surface area contributed by atoms with Crippen molar-refractivity contribution in [1.82, 2.24) is 0 Å². The largest absolute Gasteiger partial charge is 0.141 e. The van der Waals surface area contributed by atoms with Gasteiger partial charge in [0.1, 0.15) is 7.28 Å². The second-order valence-electron chi connectivity index (χ2n) is 5.17. The molecule has 0 spiro atoms. The van der Waals surface area contributed by atoms with Crippen LogP contribution in [0.3, 0.4) is 0 Å². The first-order valence-corrected chi connectivity index (χ1v) is 6.68. The number of rotatable bonds is 5. The summed E-state index contributed by atoms with van der Waals surface area (Å²) in [5.41, 5.74) is 1.34. The Bertz CT molecular complexity index is 198. The lowest BCUT2D eigenvalue weighted by atomic mass is 9.64. The predicted molar refractivity (Wildman–Crippen MR) is 70.3 cm³/mol. The van der Waals surface area contributed by atoms with Gasteiger partial charge in [-0.3, -0.25) is 0 Å². The van der Waals surface area contributed by atoms with Crippen LogP contribution in [0.25, 0.3) is 0 Å².